The molecule has 3 nitrogen and oxygen atoms in total. The first-order valence-electron chi connectivity index (χ1n) is 42.9. The lowest BCUT2D eigenvalue weighted by Crippen LogP contribution is -2.53. The highest BCUT2D eigenvalue weighted by Gasteiger charge is 2.58. The van der Waals surface area contributed by atoms with Gasteiger partial charge in [0.15, 0.2) is 0 Å². The topological polar surface area (TPSA) is 27.7 Å². The van der Waals surface area contributed by atoms with Crippen LogP contribution < -0.4 is 0 Å². The highest BCUT2D eigenvalue weighted by molar-refractivity contribution is 7.41. The maximum atomic E-state index is 8.35. The minimum atomic E-state index is -1.58. The second-order valence-corrected chi connectivity index (χ2v) is 36.3. The van der Waals surface area contributed by atoms with Crippen LogP contribution in [-0.2, 0) is 13.6 Å². The molecule has 3 aliphatic carbocycles. The summed E-state index contributed by atoms with van der Waals surface area (Å²) >= 11 is 0. The van der Waals surface area contributed by atoms with E-state index in [0.717, 1.165) is 0 Å². The smallest absolute Gasteiger partial charge is 0.308 e. The van der Waals surface area contributed by atoms with Gasteiger partial charge in [-0.15, -0.1) is 0 Å². The van der Waals surface area contributed by atoms with E-state index >= 15 is 0 Å². The van der Waals surface area contributed by atoms with Gasteiger partial charge in [-0.3, -0.25) is 0 Å². The van der Waals surface area contributed by atoms with Crippen LogP contribution in [0.25, 0.3) is 0 Å². The van der Waals surface area contributed by atoms with Crippen molar-refractivity contribution >= 4 is 8.60 Å². The van der Waals surface area contributed by atoms with Crippen molar-refractivity contribution in [1.29, 1.82) is 0 Å². The average Bonchev–Trinajstić information content (AvgIpc) is 0.776. The Balaban J connectivity index is 2.15. The Morgan fingerprint density at radius 1 is 0.209 bits per heavy atom. The Bertz CT molecular complexity index is 1410. The van der Waals surface area contributed by atoms with Gasteiger partial charge in [0.05, 0.1) is 18.3 Å². The largest absolute Gasteiger partial charge is 0.333 e. The zero-order valence-corrected chi connectivity index (χ0v) is 66.0. The summed E-state index contributed by atoms with van der Waals surface area (Å²) in [6.45, 7) is 29.7. The van der Waals surface area contributed by atoms with Crippen molar-refractivity contribution in [2.75, 3.05) is 0 Å². The first kappa shape index (κ1) is 85.5. The molecular formula is C87H171O3P. The fraction of sp³-hybridized carbons (Fsp3) is 1.00. The lowest BCUT2D eigenvalue weighted by atomic mass is 9.50. The highest BCUT2D eigenvalue weighted by Crippen LogP contribution is 2.68. The Morgan fingerprint density at radius 2 is 0.352 bits per heavy atom. The Morgan fingerprint density at radius 3 is 0.505 bits per heavy atom. The van der Waals surface area contributed by atoms with E-state index in [0.29, 0.717) is 16.2 Å². The molecule has 91 heavy (non-hydrogen) atoms. The predicted octanol–water partition coefficient (Wildman–Crippen LogP) is 32.3. The van der Waals surface area contributed by atoms with Crippen molar-refractivity contribution in [3.63, 3.8) is 0 Å². The second kappa shape index (κ2) is 52.3. The minimum Gasteiger partial charge on any atom is -0.308 e. The first-order chi connectivity index (χ1) is 44.1. The van der Waals surface area contributed by atoms with Crippen molar-refractivity contribution in [2.24, 2.45) is 32.5 Å². The van der Waals surface area contributed by atoms with Gasteiger partial charge in [0.1, 0.15) is 0 Å². The quantitative estimate of drug-likeness (QED) is 0.0449. The fourth-order valence-electron chi connectivity index (χ4n) is 19.3. The van der Waals surface area contributed by atoms with Gasteiger partial charge >= 0.3 is 8.60 Å². The van der Waals surface area contributed by atoms with Crippen molar-refractivity contribution in [3.8, 4) is 0 Å². The van der Waals surface area contributed by atoms with Crippen LogP contribution in [0.5, 0.6) is 0 Å². The normalized spacial score (nSPS) is 19.0. The third kappa shape index (κ3) is 38.5. The van der Waals surface area contributed by atoms with Gasteiger partial charge in [-0.25, -0.2) is 0 Å². The van der Waals surface area contributed by atoms with Gasteiger partial charge in [-0.2, -0.15) is 0 Å². The first-order valence-corrected chi connectivity index (χ1v) is 44.0. The van der Waals surface area contributed by atoms with E-state index in [4.69, 9.17) is 13.6 Å². The van der Waals surface area contributed by atoms with E-state index in [2.05, 4.69) is 83.1 Å². The summed E-state index contributed by atoms with van der Waals surface area (Å²) in [7, 11) is -1.58. The Kier molecular flexibility index (Phi) is 49.2. The van der Waals surface area contributed by atoms with Gasteiger partial charge in [0, 0.05) is 0 Å². The van der Waals surface area contributed by atoms with Crippen LogP contribution in [-0.4, -0.2) is 18.3 Å². The number of rotatable bonds is 69. The van der Waals surface area contributed by atoms with Gasteiger partial charge in [0.25, 0.3) is 0 Å². The molecule has 3 atom stereocenters. The monoisotopic (exact) mass is 1300 g/mol. The van der Waals surface area contributed by atoms with Crippen LogP contribution in [0.15, 0.2) is 0 Å². The predicted molar refractivity (Wildman–Crippen MR) is 409 cm³/mol. The van der Waals surface area contributed by atoms with E-state index in [1.807, 2.05) is 0 Å². The van der Waals surface area contributed by atoms with Crippen molar-refractivity contribution < 1.29 is 13.6 Å². The summed E-state index contributed by atoms with van der Waals surface area (Å²) in [5.74, 6) is 0. The van der Waals surface area contributed by atoms with Crippen LogP contribution in [0.1, 0.15) is 507 Å². The highest BCUT2D eigenvalue weighted by atomic mass is 31.2. The van der Waals surface area contributed by atoms with Gasteiger partial charge in [0.2, 0.25) is 0 Å². The third-order valence-electron chi connectivity index (χ3n) is 23.7. The van der Waals surface area contributed by atoms with E-state index in [-0.39, 0.29) is 34.6 Å². The lowest BCUT2D eigenvalue weighted by Gasteiger charge is -2.60. The lowest BCUT2D eigenvalue weighted by molar-refractivity contribution is -0.147. The van der Waals surface area contributed by atoms with E-state index in [1.54, 1.807) is 0 Å². The van der Waals surface area contributed by atoms with E-state index < -0.39 is 8.60 Å². The molecule has 0 aromatic carbocycles. The minimum absolute atomic E-state index is 0.212. The molecule has 3 aliphatic rings. The molecule has 0 heterocycles. The van der Waals surface area contributed by atoms with Crippen LogP contribution >= 0.6 is 8.60 Å². The standard InChI is InChI=1S/C87H171O3P/c1-13-19-25-31-37-43-49-55-61-67-79(85(73-82(7,8)74-85)70-64-58-52-46-40-34-28-22-16-4)88-91(89-80(68-62-56-50-44-38-32-26-20-14-2)86(75-83(9,10)76-86)71-65-59-53-47-41-35-29-23-17-5)90-81(69-63-57-51-45-39-33-27-21-15-3)87(77-84(11,12)78-87)72-66-60-54-48-42-36-30-24-18-6/h79-81H,13-78H2,1-12H3. The molecule has 0 radical (unpaired) electrons. The van der Waals surface area contributed by atoms with Crippen molar-refractivity contribution in [2.45, 2.75) is 525 Å². The molecule has 4 heteroatoms. The zero-order chi connectivity index (χ0) is 66.1. The molecule has 3 saturated carbocycles. The summed E-state index contributed by atoms with van der Waals surface area (Å²) in [5, 5.41) is 0. The van der Waals surface area contributed by atoms with Crippen LogP contribution in [0, 0.1) is 32.5 Å². The number of hydrogen-bond donors (Lipinski definition) is 0. The molecule has 0 N–H and O–H groups in total. The van der Waals surface area contributed by atoms with E-state index in [9.17, 15) is 0 Å². The summed E-state index contributed by atoms with van der Waals surface area (Å²) in [6.07, 6.45) is 91.1. The number of unbranched alkanes of at least 4 members (excludes halogenated alkanes) is 48. The molecule has 3 fully saturated rings. The average molecular weight is 1300 g/mol. The van der Waals surface area contributed by atoms with Gasteiger partial charge in [-0.05, 0) is 110 Å². The van der Waals surface area contributed by atoms with E-state index in [1.165, 1.54) is 424 Å². The SMILES string of the molecule is CCCCCCCCCCCC(OP(OC(CCCCCCCCCCC)C1(CCCCCCCCCCC)CC(C)(C)C1)OC(CCCCCCCCCCC)C1(CCCCCCCCCCC)CC(C)(C)C1)C1(CCCCCCCCCCC)CC(C)(C)C1. The molecule has 3 unspecified atom stereocenters. The number of hydrogen-bond acceptors (Lipinski definition) is 3. The van der Waals surface area contributed by atoms with Gasteiger partial charge < -0.3 is 13.6 Å². The Labute approximate surface area is 576 Å². The molecule has 0 spiro atoms. The van der Waals surface area contributed by atoms with Crippen molar-refractivity contribution in [1.82, 2.24) is 0 Å². The summed E-state index contributed by atoms with van der Waals surface area (Å²) in [4.78, 5) is 0. The van der Waals surface area contributed by atoms with Gasteiger partial charge in [-0.1, -0.05) is 430 Å². The van der Waals surface area contributed by atoms with Crippen molar-refractivity contribution in [3.05, 3.63) is 0 Å². The zero-order valence-electron chi connectivity index (χ0n) is 65.1. The second-order valence-electron chi connectivity index (χ2n) is 35.2. The molecule has 0 saturated heterocycles. The molecule has 0 aliphatic heterocycles. The molecule has 542 valence electrons. The fourth-order valence-corrected chi connectivity index (χ4v) is 21.1. The van der Waals surface area contributed by atoms with Crippen LogP contribution in [0.3, 0.4) is 0 Å². The maximum Gasteiger partial charge on any atom is 0.333 e. The Hall–Kier alpha value is 0.310. The van der Waals surface area contributed by atoms with Crippen LogP contribution in [0.2, 0.25) is 0 Å². The molecule has 0 aromatic rings. The summed E-state index contributed by atoms with van der Waals surface area (Å²) in [6, 6.07) is 0. The molecule has 0 bridgehead atoms. The molecule has 3 rings (SSSR count). The molecule has 0 amide bonds. The molecule has 0 aromatic heterocycles. The molecular weight excluding hydrogens is 1120 g/mol. The summed E-state index contributed by atoms with van der Waals surface area (Å²) in [5.41, 5.74) is 1.77. The summed E-state index contributed by atoms with van der Waals surface area (Å²) < 4.78 is 25.0. The van der Waals surface area contributed by atoms with Crippen LogP contribution in [0.4, 0.5) is 0 Å². The maximum absolute atomic E-state index is 8.35. The third-order valence-corrected chi connectivity index (χ3v) is 25.0.